The van der Waals surface area contributed by atoms with E-state index in [1.54, 1.807) is 0 Å². The van der Waals surface area contributed by atoms with Crippen LogP contribution in [-0.4, -0.2) is 24.9 Å². The van der Waals surface area contributed by atoms with Crippen molar-refractivity contribution in [2.24, 2.45) is 0 Å². The summed E-state index contributed by atoms with van der Waals surface area (Å²) in [6.07, 6.45) is 3.91. The molecule has 0 saturated carbocycles. The van der Waals surface area contributed by atoms with Crippen molar-refractivity contribution in [2.75, 3.05) is 13.1 Å². The van der Waals surface area contributed by atoms with Crippen LogP contribution in [0.1, 0.15) is 49.4 Å². The van der Waals surface area contributed by atoms with E-state index < -0.39 is 17.5 Å². The first-order chi connectivity index (χ1) is 10.5. The number of hydrogen-bond donors (Lipinski definition) is 2. The molecule has 0 aliphatic rings. The van der Waals surface area contributed by atoms with E-state index >= 15 is 0 Å². The number of carbonyl (C=O) groups is 2. The number of amides is 2. The van der Waals surface area contributed by atoms with Gasteiger partial charge in [0.1, 0.15) is 11.6 Å². The molecule has 0 radical (unpaired) electrons. The van der Waals surface area contributed by atoms with E-state index in [4.69, 9.17) is 0 Å². The fourth-order valence-electron chi connectivity index (χ4n) is 1.91. The maximum atomic E-state index is 13.4. The Morgan fingerprint density at radius 3 is 2.45 bits per heavy atom. The molecule has 0 unspecified atom stereocenters. The van der Waals surface area contributed by atoms with Gasteiger partial charge < -0.3 is 10.6 Å². The third-order valence-corrected chi connectivity index (χ3v) is 3.14. The first-order valence-electron chi connectivity index (χ1n) is 7.54. The number of hydrogen-bond acceptors (Lipinski definition) is 2. The van der Waals surface area contributed by atoms with Crippen molar-refractivity contribution in [3.63, 3.8) is 0 Å². The van der Waals surface area contributed by atoms with Crippen LogP contribution in [0.5, 0.6) is 0 Å². The molecule has 2 amide bonds. The Hall–Kier alpha value is -1.98. The second-order valence-corrected chi connectivity index (χ2v) is 5.04. The minimum Gasteiger partial charge on any atom is -0.356 e. The van der Waals surface area contributed by atoms with Crippen molar-refractivity contribution in [1.29, 1.82) is 0 Å². The molecule has 2 N–H and O–H groups in total. The Bertz CT molecular complexity index is 507. The average molecular weight is 312 g/mol. The van der Waals surface area contributed by atoms with E-state index in [1.807, 2.05) is 0 Å². The van der Waals surface area contributed by atoms with Gasteiger partial charge in [0.05, 0.1) is 5.56 Å². The van der Waals surface area contributed by atoms with E-state index in [1.165, 1.54) is 0 Å². The van der Waals surface area contributed by atoms with Crippen LogP contribution in [0.15, 0.2) is 18.2 Å². The summed E-state index contributed by atoms with van der Waals surface area (Å²) in [6.45, 7) is 3.02. The Kier molecular flexibility index (Phi) is 8.10. The standard InChI is InChI=1S/C16H22F2N2O2/c1-2-3-4-9-19-15(21)6-5-10-20-16(22)13-8-7-12(17)11-14(13)18/h7-8,11H,2-6,9-10H2,1H3,(H,19,21)(H,20,22). The highest BCUT2D eigenvalue weighted by molar-refractivity contribution is 5.94. The summed E-state index contributed by atoms with van der Waals surface area (Å²) in [5.74, 6) is -2.29. The van der Waals surface area contributed by atoms with Crippen LogP contribution in [0.3, 0.4) is 0 Å². The maximum Gasteiger partial charge on any atom is 0.254 e. The zero-order valence-corrected chi connectivity index (χ0v) is 12.8. The van der Waals surface area contributed by atoms with Gasteiger partial charge in [-0.25, -0.2) is 8.78 Å². The van der Waals surface area contributed by atoms with Crippen LogP contribution in [0.2, 0.25) is 0 Å². The molecule has 122 valence electrons. The molecule has 0 aromatic heterocycles. The Labute approximate surface area is 129 Å². The third-order valence-electron chi connectivity index (χ3n) is 3.14. The molecule has 0 saturated heterocycles. The van der Waals surface area contributed by atoms with Crippen LogP contribution in [0, 0.1) is 11.6 Å². The Morgan fingerprint density at radius 2 is 1.77 bits per heavy atom. The molecular formula is C16H22F2N2O2. The molecule has 0 aliphatic heterocycles. The first kappa shape index (κ1) is 18.1. The highest BCUT2D eigenvalue weighted by atomic mass is 19.1. The lowest BCUT2D eigenvalue weighted by atomic mass is 10.2. The van der Waals surface area contributed by atoms with Crippen molar-refractivity contribution in [1.82, 2.24) is 10.6 Å². The molecule has 1 aromatic carbocycles. The SMILES string of the molecule is CCCCCNC(=O)CCCNC(=O)c1ccc(F)cc1F. The molecule has 1 aromatic rings. The summed E-state index contributed by atoms with van der Waals surface area (Å²) >= 11 is 0. The predicted molar refractivity (Wildman–Crippen MR) is 80.5 cm³/mol. The number of nitrogens with one attached hydrogen (secondary N) is 2. The van der Waals surface area contributed by atoms with Gasteiger partial charge in [-0.1, -0.05) is 19.8 Å². The van der Waals surface area contributed by atoms with Crippen LogP contribution < -0.4 is 10.6 Å². The summed E-state index contributed by atoms with van der Waals surface area (Å²) in [7, 11) is 0. The van der Waals surface area contributed by atoms with Crippen LogP contribution in [-0.2, 0) is 4.79 Å². The Morgan fingerprint density at radius 1 is 1.05 bits per heavy atom. The van der Waals surface area contributed by atoms with Crippen molar-refractivity contribution < 1.29 is 18.4 Å². The van der Waals surface area contributed by atoms with E-state index in [0.29, 0.717) is 25.5 Å². The molecule has 6 heteroatoms. The summed E-state index contributed by atoms with van der Waals surface area (Å²) in [5.41, 5.74) is -0.203. The summed E-state index contributed by atoms with van der Waals surface area (Å²) in [5, 5.41) is 5.31. The maximum absolute atomic E-state index is 13.4. The van der Waals surface area contributed by atoms with Gasteiger partial charge in [0, 0.05) is 25.6 Å². The highest BCUT2D eigenvalue weighted by Crippen LogP contribution is 2.09. The van der Waals surface area contributed by atoms with Gasteiger partial charge in [-0.05, 0) is 25.0 Å². The monoisotopic (exact) mass is 312 g/mol. The second kappa shape index (κ2) is 9.87. The van der Waals surface area contributed by atoms with Crippen LogP contribution in [0.25, 0.3) is 0 Å². The molecule has 0 heterocycles. The average Bonchev–Trinajstić information content (AvgIpc) is 2.48. The minimum absolute atomic E-state index is 0.0571. The van der Waals surface area contributed by atoms with Gasteiger partial charge in [-0.3, -0.25) is 9.59 Å². The number of carbonyl (C=O) groups excluding carboxylic acids is 2. The molecule has 0 fully saturated rings. The number of benzene rings is 1. The number of rotatable bonds is 9. The molecule has 4 nitrogen and oxygen atoms in total. The van der Waals surface area contributed by atoms with Crippen molar-refractivity contribution in [3.05, 3.63) is 35.4 Å². The quantitative estimate of drug-likeness (QED) is 0.689. The van der Waals surface area contributed by atoms with E-state index in [-0.39, 0.29) is 18.0 Å². The van der Waals surface area contributed by atoms with Crippen LogP contribution in [0.4, 0.5) is 8.78 Å². The predicted octanol–water partition coefficient (Wildman–Crippen LogP) is 2.78. The lowest BCUT2D eigenvalue weighted by molar-refractivity contribution is -0.121. The molecule has 0 aliphatic carbocycles. The van der Waals surface area contributed by atoms with E-state index in [2.05, 4.69) is 17.6 Å². The summed E-state index contributed by atoms with van der Waals surface area (Å²) in [6, 6.07) is 2.79. The molecule has 0 spiro atoms. The minimum atomic E-state index is -0.897. The van der Waals surface area contributed by atoms with Gasteiger partial charge in [0.15, 0.2) is 0 Å². The van der Waals surface area contributed by atoms with Gasteiger partial charge in [0.2, 0.25) is 5.91 Å². The lowest BCUT2D eigenvalue weighted by Crippen LogP contribution is -2.28. The van der Waals surface area contributed by atoms with Crippen molar-refractivity contribution in [3.8, 4) is 0 Å². The Balaban J connectivity index is 2.21. The molecule has 0 atom stereocenters. The largest absolute Gasteiger partial charge is 0.356 e. The first-order valence-corrected chi connectivity index (χ1v) is 7.54. The summed E-state index contributed by atoms with van der Waals surface area (Å²) < 4.78 is 26.1. The second-order valence-electron chi connectivity index (χ2n) is 5.04. The van der Waals surface area contributed by atoms with Gasteiger partial charge >= 0.3 is 0 Å². The summed E-state index contributed by atoms with van der Waals surface area (Å²) in [4.78, 5) is 23.2. The van der Waals surface area contributed by atoms with Crippen LogP contribution >= 0.6 is 0 Å². The third kappa shape index (κ3) is 6.65. The molecule has 22 heavy (non-hydrogen) atoms. The van der Waals surface area contributed by atoms with Gasteiger partial charge in [-0.15, -0.1) is 0 Å². The van der Waals surface area contributed by atoms with Gasteiger partial charge in [-0.2, -0.15) is 0 Å². The number of unbranched alkanes of at least 4 members (excludes halogenated alkanes) is 2. The number of halogens is 2. The van der Waals surface area contributed by atoms with Crippen molar-refractivity contribution in [2.45, 2.75) is 39.0 Å². The smallest absolute Gasteiger partial charge is 0.254 e. The highest BCUT2D eigenvalue weighted by Gasteiger charge is 2.11. The zero-order chi connectivity index (χ0) is 16.4. The normalized spacial score (nSPS) is 10.3. The van der Waals surface area contributed by atoms with Crippen molar-refractivity contribution >= 4 is 11.8 Å². The fourth-order valence-corrected chi connectivity index (χ4v) is 1.91. The lowest BCUT2D eigenvalue weighted by Gasteiger charge is -2.07. The zero-order valence-electron chi connectivity index (χ0n) is 12.8. The molecule has 1 rings (SSSR count). The molecular weight excluding hydrogens is 290 g/mol. The van der Waals surface area contributed by atoms with E-state index in [0.717, 1.165) is 31.4 Å². The van der Waals surface area contributed by atoms with E-state index in [9.17, 15) is 18.4 Å². The topological polar surface area (TPSA) is 58.2 Å². The fraction of sp³-hybridized carbons (Fsp3) is 0.500. The van der Waals surface area contributed by atoms with Gasteiger partial charge in [0.25, 0.3) is 5.91 Å². The molecule has 0 bridgehead atoms.